The second-order valence-corrected chi connectivity index (χ2v) is 10.2. The lowest BCUT2D eigenvalue weighted by molar-refractivity contribution is -0.152. The summed E-state index contributed by atoms with van der Waals surface area (Å²) in [4.78, 5) is 25.2. The van der Waals surface area contributed by atoms with E-state index in [1.807, 2.05) is 6.92 Å². The molecule has 0 radical (unpaired) electrons. The summed E-state index contributed by atoms with van der Waals surface area (Å²) in [6, 6.07) is 1.31. The number of H-pyrrole nitrogens is 1. The second-order valence-electron chi connectivity index (χ2n) is 10.2. The number of carbonyl (C=O) groups is 1. The number of nitrogens with one attached hydrogen (secondary N) is 1. The van der Waals surface area contributed by atoms with E-state index in [2.05, 4.69) is 25.1 Å². The third-order valence-corrected chi connectivity index (χ3v) is 8.20. The van der Waals surface area contributed by atoms with Gasteiger partial charge in [0.15, 0.2) is 17.3 Å². The van der Waals surface area contributed by atoms with Crippen LogP contribution < -0.4 is 0 Å². The van der Waals surface area contributed by atoms with E-state index in [1.54, 1.807) is 0 Å². The van der Waals surface area contributed by atoms with Gasteiger partial charge in [0, 0.05) is 5.41 Å². The third kappa shape index (κ3) is 3.31. The fourth-order valence-corrected chi connectivity index (χ4v) is 6.09. The van der Waals surface area contributed by atoms with Crippen molar-refractivity contribution in [3.63, 3.8) is 0 Å². The van der Waals surface area contributed by atoms with Crippen LogP contribution in [0.1, 0.15) is 56.8 Å². The highest BCUT2D eigenvalue weighted by atomic mass is 19.1. The van der Waals surface area contributed by atoms with Gasteiger partial charge in [0.2, 0.25) is 0 Å². The first-order chi connectivity index (χ1) is 15.8. The van der Waals surface area contributed by atoms with Crippen molar-refractivity contribution < 1.29 is 18.7 Å². The van der Waals surface area contributed by atoms with Crippen molar-refractivity contribution in [1.29, 1.82) is 0 Å². The molecule has 4 aliphatic rings. The van der Waals surface area contributed by atoms with Gasteiger partial charge >= 0.3 is 5.97 Å². The maximum absolute atomic E-state index is 15.8. The number of fused-ring (bicyclic) bond motifs is 4. The minimum atomic E-state index is -0.792. The van der Waals surface area contributed by atoms with Crippen molar-refractivity contribution >= 4 is 17.0 Å². The molecule has 7 rings (SSSR count). The Morgan fingerprint density at radius 3 is 2.61 bits per heavy atom. The van der Waals surface area contributed by atoms with Crippen LogP contribution in [-0.4, -0.2) is 36.2 Å². The Balaban J connectivity index is 1.47. The molecular formula is C24H25F2N5O2. The number of halogens is 2. The van der Waals surface area contributed by atoms with E-state index in [1.165, 1.54) is 6.07 Å². The van der Waals surface area contributed by atoms with Crippen LogP contribution in [0.25, 0.3) is 22.6 Å². The molecule has 0 spiro atoms. The molecule has 33 heavy (non-hydrogen) atoms. The lowest BCUT2D eigenvalue weighted by atomic mass is 9.57. The molecule has 3 aromatic rings. The maximum Gasteiger partial charge on any atom is 0.307 e. The Morgan fingerprint density at radius 1 is 1.18 bits per heavy atom. The molecule has 0 saturated heterocycles. The zero-order valence-corrected chi connectivity index (χ0v) is 18.3. The maximum atomic E-state index is 15.8. The Kier molecular flexibility index (Phi) is 4.54. The van der Waals surface area contributed by atoms with Crippen molar-refractivity contribution in [2.45, 2.75) is 57.3 Å². The van der Waals surface area contributed by atoms with Gasteiger partial charge in [-0.15, -0.1) is 0 Å². The molecule has 7 nitrogen and oxygen atoms in total. The molecule has 0 aliphatic heterocycles. The highest BCUT2D eigenvalue weighted by Crippen LogP contribution is 2.51. The number of carboxylic acid groups (broad SMARTS) is 1. The fourth-order valence-electron chi connectivity index (χ4n) is 6.09. The first-order valence-corrected chi connectivity index (χ1v) is 11.6. The number of hydrogen-bond donors (Lipinski definition) is 2. The van der Waals surface area contributed by atoms with E-state index in [-0.39, 0.29) is 41.1 Å². The minimum Gasteiger partial charge on any atom is -0.481 e. The molecule has 4 saturated carbocycles. The van der Waals surface area contributed by atoms with Gasteiger partial charge in [-0.1, -0.05) is 6.92 Å². The van der Waals surface area contributed by atoms with Crippen LogP contribution in [0.15, 0.2) is 12.3 Å². The minimum absolute atomic E-state index is 0.146. The fraction of sp³-hybridized carbons (Fsp3) is 0.542. The third-order valence-electron chi connectivity index (χ3n) is 8.20. The van der Waals surface area contributed by atoms with Crippen molar-refractivity contribution in [3.8, 4) is 11.5 Å². The van der Waals surface area contributed by atoms with Crippen LogP contribution in [0.5, 0.6) is 0 Å². The zero-order chi connectivity index (χ0) is 22.9. The molecule has 4 aliphatic carbocycles. The summed E-state index contributed by atoms with van der Waals surface area (Å²) in [5.41, 5.74) is 0.953. The Morgan fingerprint density at radius 2 is 1.91 bits per heavy atom. The quantitative estimate of drug-likeness (QED) is 0.592. The van der Waals surface area contributed by atoms with Gasteiger partial charge in [-0.05, 0) is 68.8 Å². The summed E-state index contributed by atoms with van der Waals surface area (Å²) in [7, 11) is 0. The molecule has 9 heteroatoms. The molecule has 172 valence electrons. The van der Waals surface area contributed by atoms with Crippen molar-refractivity contribution in [2.24, 2.45) is 23.7 Å². The SMILES string of the molecule is CC1(c2nc(-c3[nH]nc4ncc(F)cc34)nc(CC3C4CCC(CC4)C3C(=O)O)c2F)CC1. The first kappa shape index (κ1) is 20.6. The van der Waals surface area contributed by atoms with Gasteiger partial charge in [0.1, 0.15) is 11.5 Å². The van der Waals surface area contributed by atoms with Crippen LogP contribution >= 0.6 is 0 Å². The first-order valence-electron chi connectivity index (χ1n) is 11.6. The average Bonchev–Trinajstić information content (AvgIpc) is 3.41. The van der Waals surface area contributed by atoms with E-state index in [0.29, 0.717) is 22.4 Å². The summed E-state index contributed by atoms with van der Waals surface area (Å²) < 4.78 is 29.6. The smallest absolute Gasteiger partial charge is 0.307 e. The van der Waals surface area contributed by atoms with E-state index < -0.39 is 23.5 Å². The highest BCUT2D eigenvalue weighted by molar-refractivity contribution is 5.88. The van der Waals surface area contributed by atoms with Crippen molar-refractivity contribution in [2.75, 3.05) is 0 Å². The number of pyridine rings is 1. The van der Waals surface area contributed by atoms with Crippen LogP contribution in [0.2, 0.25) is 0 Å². The van der Waals surface area contributed by atoms with Gasteiger partial charge < -0.3 is 5.11 Å². The topological polar surface area (TPSA) is 105 Å². The predicted molar refractivity (Wildman–Crippen MR) is 115 cm³/mol. The number of aliphatic carboxylic acids is 1. The lowest BCUT2D eigenvalue weighted by Gasteiger charge is -2.46. The van der Waals surface area contributed by atoms with Crippen LogP contribution in [0, 0.1) is 35.3 Å². The summed E-state index contributed by atoms with van der Waals surface area (Å²) in [5.74, 6) is -1.70. The molecule has 2 N–H and O–H groups in total. The second kappa shape index (κ2) is 7.27. The molecule has 2 unspecified atom stereocenters. The van der Waals surface area contributed by atoms with Crippen LogP contribution in [0.3, 0.4) is 0 Å². The largest absolute Gasteiger partial charge is 0.481 e. The van der Waals surface area contributed by atoms with Crippen LogP contribution in [-0.2, 0) is 16.6 Å². The van der Waals surface area contributed by atoms with Crippen LogP contribution in [0.4, 0.5) is 8.78 Å². The summed E-state index contributed by atoms with van der Waals surface area (Å²) in [6.07, 6.45) is 6.83. The standard InChI is InChI=1S/C24H25F2N5O2/c1-24(6-7-24)20-18(26)16(9-14-11-2-4-12(5-3-11)17(14)23(32)33)28-22(29-20)19-15-8-13(25)10-27-21(15)31-30-19/h8,10-12,14,17H,2-7,9H2,1H3,(H,32,33)(H,27,30,31). The Bertz CT molecular complexity index is 1260. The normalized spacial score (nSPS) is 27.7. The van der Waals surface area contributed by atoms with E-state index >= 15 is 4.39 Å². The Hall–Kier alpha value is -2.97. The molecule has 3 heterocycles. The Labute approximate surface area is 189 Å². The molecule has 3 aromatic heterocycles. The predicted octanol–water partition coefficient (Wildman–Crippen LogP) is 4.42. The zero-order valence-electron chi connectivity index (χ0n) is 18.3. The van der Waals surface area contributed by atoms with Crippen molar-refractivity contribution in [1.82, 2.24) is 25.1 Å². The summed E-state index contributed by atoms with van der Waals surface area (Å²) in [5, 5.41) is 17.3. The molecule has 0 aromatic carbocycles. The van der Waals surface area contributed by atoms with Gasteiger partial charge in [0.25, 0.3) is 0 Å². The molecule has 4 fully saturated rings. The molecular weight excluding hydrogens is 428 g/mol. The number of nitrogens with zero attached hydrogens (tertiary/aromatic N) is 4. The monoisotopic (exact) mass is 453 g/mol. The van der Waals surface area contributed by atoms with Gasteiger partial charge in [-0.2, -0.15) is 5.10 Å². The number of hydrogen-bond acceptors (Lipinski definition) is 5. The van der Waals surface area contributed by atoms with E-state index in [9.17, 15) is 14.3 Å². The number of aromatic nitrogens is 5. The average molecular weight is 453 g/mol. The number of carboxylic acids is 1. The highest BCUT2D eigenvalue weighted by Gasteiger charge is 2.48. The van der Waals surface area contributed by atoms with E-state index in [0.717, 1.165) is 44.7 Å². The van der Waals surface area contributed by atoms with Gasteiger partial charge in [-0.3, -0.25) is 9.89 Å². The molecule has 2 bridgehead atoms. The van der Waals surface area contributed by atoms with Gasteiger partial charge in [-0.25, -0.2) is 23.7 Å². The molecule has 0 amide bonds. The number of rotatable bonds is 5. The lowest BCUT2D eigenvalue weighted by Crippen LogP contribution is -2.45. The number of aromatic amines is 1. The summed E-state index contributed by atoms with van der Waals surface area (Å²) >= 11 is 0. The van der Waals surface area contributed by atoms with Crippen molar-refractivity contribution in [3.05, 3.63) is 35.3 Å². The molecule has 2 atom stereocenters. The van der Waals surface area contributed by atoms with E-state index in [4.69, 9.17) is 0 Å². The summed E-state index contributed by atoms with van der Waals surface area (Å²) in [6.45, 7) is 1.97. The van der Waals surface area contributed by atoms with Gasteiger partial charge in [0.05, 0.1) is 28.9 Å².